The molecule has 0 amide bonds. The second kappa shape index (κ2) is 5.43. The van der Waals surface area contributed by atoms with Gasteiger partial charge in [-0.05, 0) is 0 Å². The SMILES string of the molecule is COC(=O)c1cc2c(cc1NS(=O)(=O)c1cn(C)nn1)OCO2. The molecule has 10 nitrogen and oxygen atoms in total. The smallest absolute Gasteiger partial charge is 0.340 e. The maximum absolute atomic E-state index is 12.3. The van der Waals surface area contributed by atoms with E-state index in [4.69, 9.17) is 9.47 Å². The first-order valence-electron chi connectivity index (χ1n) is 6.32. The lowest BCUT2D eigenvalue weighted by Gasteiger charge is -2.11. The Kier molecular flexibility index (Phi) is 3.56. The number of anilines is 1. The highest BCUT2D eigenvalue weighted by molar-refractivity contribution is 7.92. The summed E-state index contributed by atoms with van der Waals surface area (Å²) < 4.78 is 43.2. The zero-order chi connectivity index (χ0) is 16.6. The van der Waals surface area contributed by atoms with Crippen LogP contribution in [0.3, 0.4) is 0 Å². The third-order valence-electron chi connectivity index (χ3n) is 3.02. The highest BCUT2D eigenvalue weighted by atomic mass is 32.2. The number of hydrogen-bond donors (Lipinski definition) is 1. The lowest BCUT2D eigenvalue weighted by molar-refractivity contribution is 0.0601. The van der Waals surface area contributed by atoms with Gasteiger partial charge in [0.25, 0.3) is 10.0 Å². The molecule has 122 valence electrons. The average Bonchev–Trinajstić information content (AvgIpc) is 3.13. The van der Waals surface area contributed by atoms with Crippen LogP contribution in [0.25, 0.3) is 0 Å². The van der Waals surface area contributed by atoms with E-state index in [-0.39, 0.29) is 23.1 Å². The largest absolute Gasteiger partial charge is 0.465 e. The molecular weight excluding hydrogens is 328 g/mol. The summed E-state index contributed by atoms with van der Waals surface area (Å²) in [6.07, 6.45) is 1.23. The quantitative estimate of drug-likeness (QED) is 0.780. The van der Waals surface area contributed by atoms with Gasteiger partial charge in [0.2, 0.25) is 11.8 Å². The first-order chi connectivity index (χ1) is 10.9. The predicted molar refractivity (Wildman–Crippen MR) is 75.7 cm³/mol. The Labute approximate surface area is 131 Å². The van der Waals surface area contributed by atoms with Crippen molar-refractivity contribution in [2.45, 2.75) is 5.03 Å². The number of ether oxygens (including phenoxy) is 3. The number of sulfonamides is 1. The summed E-state index contributed by atoms with van der Waals surface area (Å²) in [6.45, 7) is -0.0175. The zero-order valence-electron chi connectivity index (χ0n) is 12.1. The van der Waals surface area contributed by atoms with Crippen molar-refractivity contribution < 1.29 is 27.4 Å². The van der Waals surface area contributed by atoms with Gasteiger partial charge in [-0.1, -0.05) is 5.21 Å². The molecule has 11 heteroatoms. The number of esters is 1. The summed E-state index contributed by atoms with van der Waals surface area (Å²) in [6, 6.07) is 2.70. The van der Waals surface area contributed by atoms with Gasteiger partial charge in [-0.3, -0.25) is 9.40 Å². The third kappa shape index (κ3) is 2.77. The number of rotatable bonds is 4. The van der Waals surface area contributed by atoms with Crippen molar-refractivity contribution in [3.63, 3.8) is 0 Å². The molecule has 3 rings (SSSR count). The Morgan fingerprint density at radius 3 is 2.65 bits per heavy atom. The molecule has 1 aromatic carbocycles. The second-order valence-corrected chi connectivity index (χ2v) is 6.21. The summed E-state index contributed by atoms with van der Waals surface area (Å²) in [5.41, 5.74) is -0.0176. The third-order valence-corrected chi connectivity index (χ3v) is 4.25. The molecule has 0 bridgehead atoms. The Hall–Kier alpha value is -2.82. The molecule has 1 aliphatic rings. The van der Waals surface area contributed by atoms with E-state index in [9.17, 15) is 13.2 Å². The number of fused-ring (bicyclic) bond motifs is 1. The maximum Gasteiger partial charge on any atom is 0.340 e. The molecule has 1 N–H and O–H groups in total. The molecule has 0 radical (unpaired) electrons. The van der Waals surface area contributed by atoms with Crippen LogP contribution in [-0.4, -0.2) is 43.3 Å². The van der Waals surface area contributed by atoms with Gasteiger partial charge in [-0.15, -0.1) is 5.10 Å². The molecule has 1 aliphatic heterocycles. The fourth-order valence-electron chi connectivity index (χ4n) is 1.95. The van der Waals surface area contributed by atoms with Crippen LogP contribution in [0.15, 0.2) is 23.4 Å². The van der Waals surface area contributed by atoms with E-state index >= 15 is 0 Å². The topological polar surface area (TPSA) is 122 Å². The Morgan fingerprint density at radius 1 is 1.35 bits per heavy atom. The number of carbonyl (C=O) groups excluding carboxylic acids is 1. The minimum absolute atomic E-state index is 0.00764. The van der Waals surface area contributed by atoms with Crippen molar-refractivity contribution in [3.05, 3.63) is 23.9 Å². The van der Waals surface area contributed by atoms with E-state index in [2.05, 4.69) is 19.8 Å². The van der Waals surface area contributed by atoms with Gasteiger partial charge in [-0.2, -0.15) is 8.42 Å². The number of methoxy groups -OCH3 is 1. The number of benzene rings is 1. The van der Waals surface area contributed by atoms with Crippen LogP contribution in [0, 0.1) is 0 Å². The van der Waals surface area contributed by atoms with Crippen LogP contribution in [0.2, 0.25) is 0 Å². The van der Waals surface area contributed by atoms with Gasteiger partial charge in [0.1, 0.15) is 0 Å². The lowest BCUT2D eigenvalue weighted by Crippen LogP contribution is -2.16. The van der Waals surface area contributed by atoms with Gasteiger partial charge in [-0.25, -0.2) is 4.79 Å². The van der Waals surface area contributed by atoms with Crippen molar-refractivity contribution in [1.82, 2.24) is 15.0 Å². The van der Waals surface area contributed by atoms with Crippen molar-refractivity contribution in [2.24, 2.45) is 7.05 Å². The van der Waals surface area contributed by atoms with E-state index in [0.717, 1.165) is 0 Å². The summed E-state index contributed by atoms with van der Waals surface area (Å²) in [5.74, 6) is -0.0810. The number of aryl methyl sites for hydroxylation is 1. The van der Waals surface area contributed by atoms with Crippen LogP contribution in [0.5, 0.6) is 11.5 Å². The Balaban J connectivity index is 2.03. The van der Waals surface area contributed by atoms with Gasteiger partial charge in [0.05, 0.1) is 24.6 Å². The molecule has 2 heterocycles. The van der Waals surface area contributed by atoms with E-state index in [1.54, 1.807) is 0 Å². The molecule has 2 aromatic rings. The lowest BCUT2D eigenvalue weighted by atomic mass is 10.1. The maximum atomic E-state index is 12.3. The summed E-state index contributed by atoms with van der Waals surface area (Å²) >= 11 is 0. The summed E-state index contributed by atoms with van der Waals surface area (Å²) in [7, 11) is -1.30. The van der Waals surface area contributed by atoms with E-state index in [1.807, 2.05) is 0 Å². The number of hydrogen-bond acceptors (Lipinski definition) is 8. The molecule has 0 atom stereocenters. The minimum atomic E-state index is -4.02. The van der Waals surface area contributed by atoms with Crippen LogP contribution in [0.4, 0.5) is 5.69 Å². The average molecular weight is 340 g/mol. The second-order valence-electron chi connectivity index (χ2n) is 4.58. The van der Waals surface area contributed by atoms with Crippen molar-refractivity contribution in [3.8, 4) is 11.5 Å². The fraction of sp³-hybridized carbons (Fsp3) is 0.250. The molecule has 0 unspecified atom stereocenters. The van der Waals surface area contributed by atoms with Gasteiger partial charge < -0.3 is 14.2 Å². The molecule has 0 spiro atoms. The van der Waals surface area contributed by atoms with Gasteiger partial charge in [0, 0.05) is 19.2 Å². The molecule has 0 fully saturated rings. The molecule has 0 saturated carbocycles. The number of aromatic nitrogens is 3. The minimum Gasteiger partial charge on any atom is -0.465 e. The molecule has 1 aromatic heterocycles. The predicted octanol–water partition coefficient (Wildman–Crippen LogP) is 0.131. The highest BCUT2D eigenvalue weighted by Gasteiger charge is 2.26. The Bertz CT molecular complexity index is 876. The van der Waals surface area contributed by atoms with Crippen LogP contribution >= 0.6 is 0 Å². The molecule has 0 saturated heterocycles. The standard InChI is InChI=1S/C12H12N4O6S/c1-16-5-11(13-15-16)23(18,19)14-8-4-10-9(21-6-22-10)3-7(8)12(17)20-2/h3-5,14H,6H2,1-2H3. The van der Waals surface area contributed by atoms with E-state index in [0.29, 0.717) is 11.5 Å². The molecule has 23 heavy (non-hydrogen) atoms. The van der Waals surface area contributed by atoms with Crippen LogP contribution < -0.4 is 14.2 Å². The number of carbonyl (C=O) groups is 1. The van der Waals surface area contributed by atoms with E-state index in [1.165, 1.54) is 37.2 Å². The number of nitrogens with one attached hydrogen (secondary N) is 1. The van der Waals surface area contributed by atoms with Crippen molar-refractivity contribution in [1.29, 1.82) is 0 Å². The first-order valence-corrected chi connectivity index (χ1v) is 7.80. The van der Waals surface area contributed by atoms with Crippen LogP contribution in [0.1, 0.15) is 10.4 Å². The van der Waals surface area contributed by atoms with Crippen molar-refractivity contribution in [2.75, 3.05) is 18.6 Å². The number of nitrogens with zero attached hydrogens (tertiary/aromatic N) is 3. The normalized spacial score (nSPS) is 13.0. The monoisotopic (exact) mass is 340 g/mol. The molecular formula is C12H12N4O6S. The van der Waals surface area contributed by atoms with E-state index < -0.39 is 16.0 Å². The zero-order valence-corrected chi connectivity index (χ0v) is 13.0. The fourth-order valence-corrected chi connectivity index (χ4v) is 2.95. The summed E-state index contributed by atoms with van der Waals surface area (Å²) in [4.78, 5) is 11.9. The Morgan fingerprint density at radius 2 is 2.04 bits per heavy atom. The first kappa shape index (κ1) is 15.1. The highest BCUT2D eigenvalue weighted by Crippen LogP contribution is 2.37. The summed E-state index contributed by atoms with van der Waals surface area (Å²) in [5, 5.41) is 6.82. The van der Waals surface area contributed by atoms with Gasteiger partial charge in [0.15, 0.2) is 11.5 Å². The van der Waals surface area contributed by atoms with Crippen molar-refractivity contribution >= 4 is 21.7 Å². The van der Waals surface area contributed by atoms with Crippen LogP contribution in [-0.2, 0) is 21.8 Å². The molecule has 0 aliphatic carbocycles. The van der Waals surface area contributed by atoms with Gasteiger partial charge >= 0.3 is 5.97 Å².